The molecule has 3 aromatic rings. The number of benzene rings is 3. The number of aromatic hydroxyl groups is 2. The number of phenolic OH excluding ortho intramolecular Hbond substituents is 2. The van der Waals surface area contributed by atoms with Crippen molar-refractivity contribution in [1.29, 1.82) is 0 Å². The van der Waals surface area contributed by atoms with Crippen LogP contribution in [0.15, 0.2) is 36.4 Å². The van der Waals surface area contributed by atoms with E-state index >= 15 is 0 Å². The molecule has 3 aromatic carbocycles. The van der Waals surface area contributed by atoms with Crippen LogP contribution in [0.1, 0.15) is 80.8 Å². The molecule has 10 N–H and O–H groups in total. The number of alkyl carbamates (subject to hydrolysis) is 1. The van der Waals surface area contributed by atoms with Crippen molar-refractivity contribution in [3.63, 3.8) is 0 Å². The van der Waals surface area contributed by atoms with E-state index in [0.717, 1.165) is 12.1 Å². The monoisotopic (exact) mass is 928 g/mol. The lowest BCUT2D eigenvalue weighted by atomic mass is 9.72. The third-order valence-corrected chi connectivity index (χ3v) is 11.9. The Bertz CT molecular complexity index is 2480. The van der Waals surface area contributed by atoms with E-state index in [4.69, 9.17) is 33.5 Å². The minimum Gasteiger partial charge on any atom is -0.507 e. The zero-order chi connectivity index (χ0) is 48.1. The number of nitro groups is 1. The fourth-order valence-electron chi connectivity index (χ4n) is 8.58. The van der Waals surface area contributed by atoms with Crippen molar-refractivity contribution in [3.8, 4) is 23.0 Å². The van der Waals surface area contributed by atoms with Gasteiger partial charge in [-0.25, -0.2) is 4.79 Å². The van der Waals surface area contributed by atoms with Crippen LogP contribution in [0.25, 0.3) is 0 Å². The van der Waals surface area contributed by atoms with Gasteiger partial charge < -0.3 is 79.7 Å². The molecule has 7 rings (SSSR count). The van der Waals surface area contributed by atoms with Crippen LogP contribution in [0.4, 0.5) is 10.5 Å². The fraction of sp³-hybridized carbons (Fsp3) is 0.452. The first-order chi connectivity index (χ1) is 31.2. The van der Waals surface area contributed by atoms with Crippen molar-refractivity contribution in [3.05, 3.63) is 85.5 Å². The Morgan fingerprint density at radius 3 is 2.32 bits per heavy atom. The number of nitro benzene ring substituents is 1. The molecule has 2 aliphatic carbocycles. The first-order valence-electron chi connectivity index (χ1n) is 20.2. The maximum Gasteiger partial charge on any atom is 0.407 e. The molecule has 2 aliphatic heterocycles. The predicted molar refractivity (Wildman–Crippen MR) is 214 cm³/mol. The normalized spacial score (nSPS) is 29.2. The SMILES string of the molecule is COc1cccc2c1C(=O)c1c(O)c3c(c(O)c1C2=O)C[C@@](O)(C(=O)CO)C[C@@H]3O[C@H]1C[C@H](NC(=O)OCc2ccc(O[C@@H]3O[C@H](CC(=O)O)[C@@H](O)[C@H](O)[C@H]3O)c([N+](=O)[O-])c2)[C@H](O)[C@H](C)O1. The molecule has 0 spiro atoms. The average Bonchev–Trinajstić information content (AvgIpc) is 3.27. The fourth-order valence-corrected chi connectivity index (χ4v) is 8.58. The van der Waals surface area contributed by atoms with Gasteiger partial charge in [-0.05, 0) is 24.6 Å². The highest BCUT2D eigenvalue weighted by molar-refractivity contribution is 6.31. The summed E-state index contributed by atoms with van der Waals surface area (Å²) in [5, 5.41) is 110. The van der Waals surface area contributed by atoms with E-state index in [1.165, 1.54) is 38.3 Å². The number of ether oxygens (including phenoxy) is 6. The molecule has 11 atom stereocenters. The Labute approximate surface area is 371 Å². The van der Waals surface area contributed by atoms with Gasteiger partial charge in [-0.1, -0.05) is 18.2 Å². The number of ketones is 3. The van der Waals surface area contributed by atoms with Crippen LogP contribution in [0.5, 0.6) is 23.0 Å². The number of nitrogens with zero attached hydrogens (tertiary/aromatic N) is 1. The van der Waals surface area contributed by atoms with Crippen molar-refractivity contribution < 1.29 is 103 Å². The maximum atomic E-state index is 14.0. The Kier molecular flexibility index (Phi) is 13.3. The first kappa shape index (κ1) is 47.6. The second-order valence-electron chi connectivity index (χ2n) is 16.1. The molecule has 0 bridgehead atoms. The number of rotatable bonds is 13. The van der Waals surface area contributed by atoms with Gasteiger partial charge in [0.1, 0.15) is 66.6 Å². The number of fused-ring (bicyclic) bond motifs is 3. The molecule has 2 fully saturated rings. The molecule has 66 heavy (non-hydrogen) atoms. The molecule has 0 unspecified atom stereocenters. The minimum absolute atomic E-state index is 0.0000382. The Morgan fingerprint density at radius 1 is 0.939 bits per heavy atom. The van der Waals surface area contributed by atoms with Gasteiger partial charge in [0.15, 0.2) is 23.6 Å². The molecule has 1 amide bonds. The molecule has 0 radical (unpaired) electrons. The summed E-state index contributed by atoms with van der Waals surface area (Å²) in [6.07, 6.45) is -18.4. The molecule has 0 aromatic heterocycles. The summed E-state index contributed by atoms with van der Waals surface area (Å²) in [6.45, 7) is -0.349. The van der Waals surface area contributed by atoms with Gasteiger partial charge in [0.05, 0.1) is 53.4 Å². The topological polar surface area (TPSA) is 378 Å². The predicted octanol–water partition coefficient (Wildman–Crippen LogP) is -0.462. The summed E-state index contributed by atoms with van der Waals surface area (Å²) in [7, 11) is 1.26. The molecule has 354 valence electrons. The van der Waals surface area contributed by atoms with Gasteiger partial charge >= 0.3 is 17.7 Å². The lowest BCUT2D eigenvalue weighted by molar-refractivity contribution is -0.387. The summed E-state index contributed by atoms with van der Waals surface area (Å²) in [5.41, 5.74) is -5.33. The van der Waals surface area contributed by atoms with E-state index in [0.29, 0.717) is 0 Å². The highest BCUT2D eigenvalue weighted by Gasteiger charge is 2.51. The number of aliphatic carboxylic acids is 1. The number of carboxylic acids is 1. The zero-order valence-corrected chi connectivity index (χ0v) is 34.8. The number of aliphatic hydroxyl groups is 6. The van der Waals surface area contributed by atoms with Gasteiger partial charge in [-0.3, -0.25) is 29.3 Å². The number of carboxylic acid groups (broad SMARTS) is 1. The number of carbonyl (C=O) groups excluding carboxylic acids is 4. The standard InChI is InChI=1S/C42H44N2O22/c1-15-32(49)19(43-41(57)62-14-16-6-7-21(20(8-16)44(59)60)65-40-39(56)38(55)35(52)23(66-40)10-26(47)48)9-27(63-15)64-24-12-42(58,25(46)13-45)11-18-29(24)37(54)31-30(34(18)51)33(50)17-4-3-5-22(61-2)28(17)36(31)53/h3-8,15,19,23-24,27,32,35,38-40,45,49,51-52,54-56,58H,9-14H2,1-2H3,(H,43,57)(H,47,48)/t15-,19-,23+,24-,27-,32+,35+,38-,39+,40+,42-/m0/s1. The molecular weight excluding hydrogens is 884 g/mol. The molecule has 4 aliphatic rings. The van der Waals surface area contributed by atoms with Crippen molar-refractivity contribution in [2.24, 2.45) is 0 Å². The lowest BCUT2D eigenvalue weighted by Gasteiger charge is -2.42. The van der Waals surface area contributed by atoms with E-state index in [1.807, 2.05) is 0 Å². The molecular formula is C42H44N2O22. The Balaban J connectivity index is 1.08. The quantitative estimate of drug-likeness (QED) is 0.0460. The Morgan fingerprint density at radius 2 is 1.65 bits per heavy atom. The van der Waals surface area contributed by atoms with E-state index in [2.05, 4.69) is 5.32 Å². The molecule has 24 nitrogen and oxygen atoms in total. The number of Topliss-reactive ketones (excluding diaryl/α,β-unsaturated/α-hetero) is 1. The summed E-state index contributed by atoms with van der Waals surface area (Å²) in [4.78, 5) is 76.2. The van der Waals surface area contributed by atoms with Crippen LogP contribution < -0.4 is 14.8 Å². The number of methoxy groups -OCH3 is 1. The van der Waals surface area contributed by atoms with Crippen molar-refractivity contribution in [1.82, 2.24) is 5.32 Å². The highest BCUT2D eigenvalue weighted by Crippen LogP contribution is 2.52. The number of hydrogen-bond acceptors (Lipinski definition) is 21. The zero-order valence-electron chi connectivity index (χ0n) is 34.8. The number of phenols is 2. The van der Waals surface area contributed by atoms with E-state index < -0.39 is 168 Å². The van der Waals surface area contributed by atoms with Crippen LogP contribution in [0, 0.1) is 10.1 Å². The number of aliphatic hydroxyl groups excluding tert-OH is 5. The summed E-state index contributed by atoms with van der Waals surface area (Å²) >= 11 is 0. The smallest absolute Gasteiger partial charge is 0.407 e. The number of carbonyl (C=O) groups is 5. The van der Waals surface area contributed by atoms with Crippen LogP contribution in [-0.4, -0.2) is 155 Å². The van der Waals surface area contributed by atoms with Crippen LogP contribution >= 0.6 is 0 Å². The molecule has 2 heterocycles. The van der Waals surface area contributed by atoms with Crippen LogP contribution in [-0.2, 0) is 41.6 Å². The number of amides is 1. The molecule has 2 saturated heterocycles. The number of nitrogens with one attached hydrogen (secondary N) is 1. The van der Waals surface area contributed by atoms with Crippen molar-refractivity contribution >= 4 is 35.1 Å². The molecule has 24 heteroatoms. The largest absolute Gasteiger partial charge is 0.507 e. The summed E-state index contributed by atoms with van der Waals surface area (Å²) in [6, 6.07) is 6.18. The van der Waals surface area contributed by atoms with Gasteiger partial charge in [0, 0.05) is 42.0 Å². The summed E-state index contributed by atoms with van der Waals surface area (Å²) < 4.78 is 33.3. The molecule has 0 saturated carbocycles. The summed E-state index contributed by atoms with van der Waals surface area (Å²) in [5.74, 6) is -6.45. The van der Waals surface area contributed by atoms with Crippen LogP contribution in [0.3, 0.4) is 0 Å². The first-order valence-corrected chi connectivity index (χ1v) is 20.2. The maximum absolute atomic E-state index is 14.0. The van der Waals surface area contributed by atoms with Crippen molar-refractivity contribution in [2.45, 2.75) is 106 Å². The second-order valence-corrected chi connectivity index (χ2v) is 16.1. The Hall–Kier alpha value is -6.35. The van der Waals surface area contributed by atoms with Gasteiger partial charge in [0.2, 0.25) is 12.1 Å². The van der Waals surface area contributed by atoms with Gasteiger partial charge in [-0.2, -0.15) is 0 Å². The lowest BCUT2D eigenvalue weighted by Crippen LogP contribution is -2.59. The van der Waals surface area contributed by atoms with E-state index in [9.17, 15) is 74.9 Å². The third kappa shape index (κ3) is 8.72. The minimum atomic E-state index is -2.45. The van der Waals surface area contributed by atoms with Gasteiger partial charge in [-0.15, -0.1) is 0 Å². The second kappa shape index (κ2) is 18.5. The van der Waals surface area contributed by atoms with Crippen molar-refractivity contribution in [2.75, 3.05) is 13.7 Å². The average molecular weight is 929 g/mol. The third-order valence-electron chi connectivity index (χ3n) is 11.9. The highest BCUT2D eigenvalue weighted by atomic mass is 16.7. The number of hydrogen-bond donors (Lipinski definition) is 10. The van der Waals surface area contributed by atoms with E-state index in [-0.39, 0.29) is 40.0 Å². The van der Waals surface area contributed by atoms with E-state index in [1.54, 1.807) is 0 Å². The van der Waals surface area contributed by atoms with Gasteiger partial charge in [0.25, 0.3) is 0 Å². The van der Waals surface area contributed by atoms with Crippen LogP contribution in [0.2, 0.25) is 0 Å².